The Hall–Kier alpha value is -1.22. The Morgan fingerprint density at radius 1 is 1.50 bits per heavy atom. The average Bonchev–Trinajstić information content (AvgIpc) is 1.96. The van der Waals surface area contributed by atoms with E-state index in [9.17, 15) is 18.0 Å². The second-order valence-electron chi connectivity index (χ2n) is 3.07. The third-order valence-electron chi connectivity index (χ3n) is 1.95. The monoisotopic (exact) mass is 207 g/mol. The topological polar surface area (TPSA) is 40.5 Å². The van der Waals surface area contributed by atoms with E-state index in [1.54, 1.807) is 0 Å². The van der Waals surface area contributed by atoms with Crippen molar-refractivity contribution in [3.8, 4) is 11.8 Å². The van der Waals surface area contributed by atoms with Gasteiger partial charge < -0.3 is 10.0 Å². The van der Waals surface area contributed by atoms with Gasteiger partial charge in [0, 0.05) is 0 Å². The molecule has 0 unspecified atom stereocenters. The van der Waals surface area contributed by atoms with Crippen molar-refractivity contribution >= 4 is 5.91 Å². The van der Waals surface area contributed by atoms with Crippen LogP contribution in [0.2, 0.25) is 0 Å². The molecule has 1 aliphatic heterocycles. The van der Waals surface area contributed by atoms with Crippen LogP contribution in [0.5, 0.6) is 0 Å². The first-order valence-electron chi connectivity index (χ1n) is 3.81. The van der Waals surface area contributed by atoms with Crippen molar-refractivity contribution in [2.75, 3.05) is 13.1 Å². The van der Waals surface area contributed by atoms with E-state index in [-0.39, 0.29) is 0 Å². The quantitative estimate of drug-likeness (QED) is 0.574. The fourth-order valence-corrected chi connectivity index (χ4v) is 1.09. The lowest BCUT2D eigenvalue weighted by Gasteiger charge is -2.45. The van der Waals surface area contributed by atoms with Gasteiger partial charge in [-0.05, 0) is 12.8 Å². The number of hydrogen-bond donors (Lipinski definition) is 1. The lowest BCUT2D eigenvalue weighted by atomic mass is 9.93. The summed E-state index contributed by atoms with van der Waals surface area (Å²) >= 11 is 0. The predicted molar refractivity (Wildman–Crippen MR) is 41.0 cm³/mol. The Kier molecular flexibility index (Phi) is 2.46. The number of rotatable bonds is 0. The number of likely N-dealkylation sites (tertiary alicyclic amines) is 1. The van der Waals surface area contributed by atoms with Crippen LogP contribution in [0.25, 0.3) is 0 Å². The Morgan fingerprint density at radius 3 is 2.36 bits per heavy atom. The third-order valence-corrected chi connectivity index (χ3v) is 1.95. The zero-order valence-electron chi connectivity index (χ0n) is 7.35. The lowest BCUT2D eigenvalue weighted by molar-refractivity contribution is -0.296. The zero-order chi connectivity index (χ0) is 11.0. The summed E-state index contributed by atoms with van der Waals surface area (Å²) in [5, 5.41) is 8.97. The molecule has 1 saturated heterocycles. The van der Waals surface area contributed by atoms with Crippen molar-refractivity contribution in [2.45, 2.75) is 18.7 Å². The van der Waals surface area contributed by atoms with E-state index >= 15 is 0 Å². The van der Waals surface area contributed by atoms with Crippen LogP contribution < -0.4 is 0 Å². The van der Waals surface area contributed by atoms with Gasteiger partial charge in [0.1, 0.15) is 0 Å². The smallest absolute Gasteiger partial charge is 0.378 e. The first-order chi connectivity index (χ1) is 6.30. The molecule has 0 aromatic rings. The van der Waals surface area contributed by atoms with Crippen LogP contribution in [-0.2, 0) is 4.79 Å². The molecule has 1 rings (SSSR count). The molecule has 0 saturated carbocycles. The summed E-state index contributed by atoms with van der Waals surface area (Å²) in [6, 6.07) is 0. The van der Waals surface area contributed by atoms with E-state index in [2.05, 4.69) is 11.8 Å². The predicted octanol–water partition coefficient (Wildman–Crippen LogP) is 0.145. The summed E-state index contributed by atoms with van der Waals surface area (Å²) in [6.45, 7) is -0.0539. The van der Waals surface area contributed by atoms with E-state index in [1.807, 2.05) is 0 Å². The number of carbonyl (C=O) groups excluding carboxylic acids is 1. The summed E-state index contributed by atoms with van der Waals surface area (Å²) in [6.07, 6.45) is -4.69. The normalized spacial score (nSPS) is 19.4. The second kappa shape index (κ2) is 3.17. The second-order valence-corrected chi connectivity index (χ2v) is 3.07. The molecule has 1 N–H and O–H groups in total. The van der Waals surface area contributed by atoms with E-state index in [0.29, 0.717) is 0 Å². The summed E-state index contributed by atoms with van der Waals surface area (Å²) in [5.74, 6) is 3.68. The molecule has 0 aromatic carbocycles. The highest BCUT2D eigenvalue weighted by Crippen LogP contribution is 2.37. The van der Waals surface area contributed by atoms with Gasteiger partial charge in [0.15, 0.2) is 5.60 Å². The molecule has 1 aliphatic rings. The first-order valence-corrected chi connectivity index (χ1v) is 3.81. The fraction of sp³-hybridized carbons (Fsp3) is 0.625. The Bertz CT molecular complexity index is 307. The molecule has 0 aliphatic carbocycles. The van der Waals surface area contributed by atoms with Gasteiger partial charge in [-0.2, -0.15) is 13.2 Å². The maximum atomic E-state index is 12.1. The molecule has 1 fully saturated rings. The minimum atomic E-state index is -4.69. The minimum absolute atomic E-state index is 0.693. The van der Waals surface area contributed by atoms with Gasteiger partial charge in [-0.3, -0.25) is 4.79 Å². The lowest BCUT2D eigenvalue weighted by Crippen LogP contribution is -2.70. The maximum Gasteiger partial charge on any atom is 0.420 e. The van der Waals surface area contributed by atoms with E-state index in [1.165, 1.54) is 6.92 Å². The molecule has 6 heteroatoms. The maximum absolute atomic E-state index is 12.1. The molecule has 0 aromatic heterocycles. The largest absolute Gasteiger partial charge is 0.420 e. The van der Waals surface area contributed by atoms with E-state index in [0.717, 1.165) is 4.90 Å². The Labute approximate surface area is 78.5 Å². The highest BCUT2D eigenvalue weighted by molar-refractivity contribution is 5.94. The SMILES string of the molecule is CC#CC(=O)N1CC(O)(C(F)(F)F)C1. The van der Waals surface area contributed by atoms with Crippen molar-refractivity contribution in [1.29, 1.82) is 0 Å². The zero-order valence-corrected chi connectivity index (χ0v) is 7.35. The average molecular weight is 207 g/mol. The Morgan fingerprint density at radius 2 is 2.00 bits per heavy atom. The van der Waals surface area contributed by atoms with Gasteiger partial charge in [-0.25, -0.2) is 0 Å². The number of halogens is 3. The molecule has 0 radical (unpaired) electrons. The fourth-order valence-electron chi connectivity index (χ4n) is 1.09. The number of amides is 1. The van der Waals surface area contributed by atoms with Crippen LogP contribution in [0, 0.1) is 11.8 Å². The van der Waals surface area contributed by atoms with Crippen molar-refractivity contribution in [3.05, 3.63) is 0 Å². The van der Waals surface area contributed by atoms with E-state index in [4.69, 9.17) is 5.11 Å². The molecule has 14 heavy (non-hydrogen) atoms. The summed E-state index contributed by atoms with van der Waals surface area (Å²) in [7, 11) is 0. The summed E-state index contributed by atoms with van der Waals surface area (Å²) in [4.78, 5) is 11.8. The van der Waals surface area contributed by atoms with Crippen molar-refractivity contribution in [3.63, 3.8) is 0 Å². The van der Waals surface area contributed by atoms with Gasteiger partial charge in [0.05, 0.1) is 13.1 Å². The van der Waals surface area contributed by atoms with Gasteiger partial charge in [-0.15, -0.1) is 0 Å². The van der Waals surface area contributed by atoms with Gasteiger partial charge in [0.25, 0.3) is 5.91 Å². The number of aliphatic hydroxyl groups is 1. The Balaban J connectivity index is 2.58. The van der Waals surface area contributed by atoms with Crippen LogP contribution >= 0.6 is 0 Å². The van der Waals surface area contributed by atoms with Crippen molar-refractivity contribution in [1.82, 2.24) is 4.90 Å². The first kappa shape index (κ1) is 10.9. The molecular formula is C8H8F3NO2. The van der Waals surface area contributed by atoms with Gasteiger partial charge in [0.2, 0.25) is 0 Å². The molecule has 1 heterocycles. The standard InChI is InChI=1S/C8H8F3NO2/c1-2-3-6(13)12-4-7(14,5-12)8(9,10)11/h14H,4-5H2,1H3. The van der Waals surface area contributed by atoms with Gasteiger partial charge >= 0.3 is 6.18 Å². The molecule has 0 bridgehead atoms. The highest BCUT2D eigenvalue weighted by atomic mass is 19.4. The minimum Gasteiger partial charge on any atom is -0.378 e. The molecule has 3 nitrogen and oxygen atoms in total. The molecule has 0 spiro atoms. The van der Waals surface area contributed by atoms with E-state index < -0.39 is 30.8 Å². The summed E-state index contributed by atoms with van der Waals surface area (Å²) < 4.78 is 36.3. The molecule has 78 valence electrons. The van der Waals surface area contributed by atoms with Gasteiger partial charge in [-0.1, -0.05) is 5.92 Å². The van der Waals surface area contributed by atoms with Crippen molar-refractivity contribution in [2.24, 2.45) is 0 Å². The van der Waals surface area contributed by atoms with Crippen LogP contribution in [0.4, 0.5) is 13.2 Å². The molecule has 1 amide bonds. The van der Waals surface area contributed by atoms with Crippen LogP contribution in [0.1, 0.15) is 6.92 Å². The molecular weight excluding hydrogens is 199 g/mol. The third kappa shape index (κ3) is 1.68. The van der Waals surface area contributed by atoms with Crippen LogP contribution in [0.15, 0.2) is 0 Å². The number of alkyl halides is 3. The molecule has 0 atom stereocenters. The summed E-state index contributed by atoms with van der Waals surface area (Å²) in [5.41, 5.74) is -2.75. The van der Waals surface area contributed by atoms with Crippen LogP contribution in [0.3, 0.4) is 0 Å². The number of carbonyl (C=O) groups is 1. The van der Waals surface area contributed by atoms with Crippen LogP contribution in [-0.4, -0.2) is 40.8 Å². The number of nitrogens with zero attached hydrogens (tertiary/aromatic N) is 1. The number of β-amino-alcohol motifs (C(OH)–C–C–N with tert-alkyl or cyclic N) is 1. The van der Waals surface area contributed by atoms with Crippen molar-refractivity contribution < 1.29 is 23.1 Å². The number of hydrogen-bond acceptors (Lipinski definition) is 2. The highest BCUT2D eigenvalue weighted by Gasteiger charge is 2.61.